The number of carbonyl (C=O) groups is 1. The molecule has 2 aromatic heterocycles. The van der Waals surface area contributed by atoms with Gasteiger partial charge in [-0.2, -0.15) is 5.10 Å². The standard InChI is InChI=1S/C23H21Cl2N5O3/c1-30(2)13-7-5-12(6-8-13)23(31)27-22-14-9-10-15(26-21(14)28-29-22)18-19(24)16(32-3)11-17(33-4)20(18)25/h5-11H,1-4H3,(H2,26,27,28,29,31). The second-order valence-electron chi connectivity index (χ2n) is 7.34. The molecule has 0 bridgehead atoms. The molecule has 4 aromatic rings. The molecule has 170 valence electrons. The molecule has 0 aliphatic heterocycles. The number of fused-ring (bicyclic) bond motifs is 1. The summed E-state index contributed by atoms with van der Waals surface area (Å²) in [5.74, 6) is 0.910. The Morgan fingerprint density at radius 3 is 2.21 bits per heavy atom. The minimum Gasteiger partial charge on any atom is -0.495 e. The zero-order chi connectivity index (χ0) is 23.7. The molecule has 2 heterocycles. The summed E-state index contributed by atoms with van der Waals surface area (Å²) in [7, 11) is 6.89. The van der Waals surface area contributed by atoms with Gasteiger partial charge in [0, 0.05) is 37.0 Å². The highest BCUT2D eigenvalue weighted by atomic mass is 35.5. The molecule has 2 N–H and O–H groups in total. The highest BCUT2D eigenvalue weighted by Gasteiger charge is 2.21. The number of pyridine rings is 1. The SMILES string of the molecule is COc1cc(OC)c(Cl)c(-c2ccc3c(NC(=O)c4ccc(N(C)C)cc4)n[nH]c3n2)c1Cl. The molecule has 0 fully saturated rings. The normalized spacial score (nSPS) is 10.8. The van der Waals surface area contributed by atoms with Gasteiger partial charge in [-0.05, 0) is 36.4 Å². The van der Waals surface area contributed by atoms with Crippen LogP contribution in [0.25, 0.3) is 22.3 Å². The van der Waals surface area contributed by atoms with Crippen LogP contribution >= 0.6 is 23.2 Å². The summed E-state index contributed by atoms with van der Waals surface area (Å²) >= 11 is 13.0. The Kier molecular flexibility index (Phi) is 6.31. The smallest absolute Gasteiger partial charge is 0.256 e. The number of amides is 1. The third-order valence-electron chi connectivity index (χ3n) is 5.13. The van der Waals surface area contributed by atoms with Crippen molar-refractivity contribution in [1.29, 1.82) is 0 Å². The average molecular weight is 486 g/mol. The summed E-state index contributed by atoms with van der Waals surface area (Å²) in [5.41, 5.74) is 2.94. The van der Waals surface area contributed by atoms with Crippen LogP contribution in [0.5, 0.6) is 11.5 Å². The number of aromatic nitrogens is 3. The number of halogens is 2. The van der Waals surface area contributed by atoms with E-state index in [4.69, 9.17) is 32.7 Å². The molecule has 0 radical (unpaired) electrons. The monoisotopic (exact) mass is 485 g/mol. The molecule has 1 amide bonds. The second-order valence-corrected chi connectivity index (χ2v) is 8.10. The number of hydrogen-bond donors (Lipinski definition) is 2. The summed E-state index contributed by atoms with van der Waals surface area (Å²) in [6.45, 7) is 0. The first-order chi connectivity index (χ1) is 15.8. The molecule has 0 aliphatic rings. The van der Waals surface area contributed by atoms with Gasteiger partial charge in [0.15, 0.2) is 11.5 Å². The Bertz CT molecular complexity index is 1310. The first kappa shape index (κ1) is 22.7. The van der Waals surface area contributed by atoms with Gasteiger partial charge in [-0.3, -0.25) is 9.89 Å². The lowest BCUT2D eigenvalue weighted by Gasteiger charge is -2.14. The molecule has 2 aromatic carbocycles. The Balaban J connectivity index is 1.67. The highest BCUT2D eigenvalue weighted by Crippen LogP contribution is 2.45. The number of hydrogen-bond acceptors (Lipinski definition) is 6. The van der Waals surface area contributed by atoms with E-state index < -0.39 is 0 Å². The van der Waals surface area contributed by atoms with Gasteiger partial charge in [-0.15, -0.1) is 0 Å². The maximum Gasteiger partial charge on any atom is 0.256 e. The van der Waals surface area contributed by atoms with Crippen LogP contribution in [0.4, 0.5) is 11.5 Å². The summed E-state index contributed by atoms with van der Waals surface area (Å²) in [5, 5.41) is 11.1. The molecule has 33 heavy (non-hydrogen) atoms. The fraction of sp³-hybridized carbons (Fsp3) is 0.174. The van der Waals surface area contributed by atoms with Crippen molar-refractivity contribution in [2.45, 2.75) is 0 Å². The zero-order valence-corrected chi connectivity index (χ0v) is 19.9. The van der Waals surface area contributed by atoms with Crippen LogP contribution in [-0.2, 0) is 0 Å². The average Bonchev–Trinajstić information content (AvgIpc) is 3.21. The van der Waals surface area contributed by atoms with Gasteiger partial charge in [-0.1, -0.05) is 23.2 Å². The van der Waals surface area contributed by atoms with Crippen molar-refractivity contribution in [3.05, 3.63) is 58.1 Å². The van der Waals surface area contributed by atoms with E-state index in [2.05, 4.69) is 20.5 Å². The summed E-state index contributed by atoms with van der Waals surface area (Å²) in [6, 6.07) is 12.4. The van der Waals surface area contributed by atoms with Gasteiger partial charge in [0.2, 0.25) is 0 Å². The second kappa shape index (κ2) is 9.17. The van der Waals surface area contributed by atoms with Crippen LogP contribution in [0.3, 0.4) is 0 Å². The van der Waals surface area contributed by atoms with E-state index in [1.165, 1.54) is 14.2 Å². The molecule has 10 heteroatoms. The van der Waals surface area contributed by atoms with Crippen molar-refractivity contribution in [1.82, 2.24) is 15.2 Å². The van der Waals surface area contributed by atoms with Crippen LogP contribution in [0.15, 0.2) is 42.5 Å². The summed E-state index contributed by atoms with van der Waals surface area (Å²) in [4.78, 5) is 19.2. The summed E-state index contributed by atoms with van der Waals surface area (Å²) < 4.78 is 10.7. The zero-order valence-electron chi connectivity index (χ0n) is 18.4. The Morgan fingerprint density at radius 1 is 1.00 bits per heavy atom. The molecular weight excluding hydrogens is 465 g/mol. The number of ether oxygens (including phenoxy) is 2. The van der Waals surface area contributed by atoms with Crippen LogP contribution in [0, 0.1) is 0 Å². The van der Waals surface area contributed by atoms with Crippen molar-refractivity contribution in [3.63, 3.8) is 0 Å². The van der Waals surface area contributed by atoms with Gasteiger partial charge < -0.3 is 19.7 Å². The number of methoxy groups -OCH3 is 2. The lowest BCUT2D eigenvalue weighted by atomic mass is 10.1. The quantitative estimate of drug-likeness (QED) is 0.386. The number of carbonyl (C=O) groups excluding carboxylic acids is 1. The maximum absolute atomic E-state index is 12.7. The fourth-order valence-corrected chi connectivity index (χ4v) is 4.03. The Labute approximate surface area is 200 Å². The minimum atomic E-state index is -0.276. The topological polar surface area (TPSA) is 92.4 Å². The van der Waals surface area contributed by atoms with E-state index in [9.17, 15) is 4.79 Å². The number of aromatic amines is 1. The van der Waals surface area contributed by atoms with Crippen LogP contribution < -0.4 is 19.7 Å². The first-order valence-electron chi connectivity index (χ1n) is 9.88. The van der Waals surface area contributed by atoms with Crippen molar-refractivity contribution in [2.24, 2.45) is 0 Å². The molecule has 0 spiro atoms. The van der Waals surface area contributed by atoms with Crippen LogP contribution in [-0.4, -0.2) is 49.4 Å². The van der Waals surface area contributed by atoms with E-state index in [-0.39, 0.29) is 5.91 Å². The van der Waals surface area contributed by atoms with E-state index in [0.717, 1.165) is 5.69 Å². The van der Waals surface area contributed by atoms with Gasteiger partial charge in [0.05, 0.1) is 35.3 Å². The number of anilines is 2. The highest BCUT2D eigenvalue weighted by molar-refractivity contribution is 6.41. The molecular formula is C23H21Cl2N5O3. The van der Waals surface area contributed by atoms with Crippen molar-refractivity contribution >= 4 is 51.6 Å². The predicted octanol–water partition coefficient (Wildman–Crippen LogP) is 5.27. The van der Waals surface area contributed by atoms with Gasteiger partial charge >= 0.3 is 0 Å². The molecule has 0 saturated heterocycles. The van der Waals surface area contributed by atoms with Crippen LogP contribution in [0.1, 0.15) is 10.4 Å². The predicted molar refractivity (Wildman–Crippen MR) is 131 cm³/mol. The van der Waals surface area contributed by atoms with Crippen molar-refractivity contribution < 1.29 is 14.3 Å². The lowest BCUT2D eigenvalue weighted by Crippen LogP contribution is -2.13. The lowest BCUT2D eigenvalue weighted by molar-refractivity contribution is 0.102. The Morgan fingerprint density at radius 2 is 1.64 bits per heavy atom. The largest absolute Gasteiger partial charge is 0.495 e. The van der Waals surface area contributed by atoms with Crippen molar-refractivity contribution in [3.8, 4) is 22.8 Å². The maximum atomic E-state index is 12.7. The third-order valence-corrected chi connectivity index (χ3v) is 5.88. The number of H-pyrrole nitrogens is 1. The van der Waals surface area contributed by atoms with Gasteiger partial charge in [0.25, 0.3) is 5.91 Å². The molecule has 0 unspecified atom stereocenters. The first-order valence-corrected chi connectivity index (χ1v) is 10.6. The molecule has 0 saturated carbocycles. The summed E-state index contributed by atoms with van der Waals surface area (Å²) in [6.07, 6.45) is 0. The molecule has 0 aliphatic carbocycles. The number of nitrogens with zero attached hydrogens (tertiary/aromatic N) is 3. The van der Waals surface area contributed by atoms with Gasteiger partial charge in [0.1, 0.15) is 11.5 Å². The number of benzene rings is 2. The third kappa shape index (κ3) is 4.27. The number of rotatable bonds is 6. The Hall–Kier alpha value is -3.49. The van der Waals surface area contributed by atoms with E-state index in [1.54, 1.807) is 30.3 Å². The molecule has 0 atom stereocenters. The minimum absolute atomic E-state index is 0.276. The van der Waals surface area contributed by atoms with E-state index >= 15 is 0 Å². The van der Waals surface area contributed by atoms with Crippen molar-refractivity contribution in [2.75, 3.05) is 38.5 Å². The molecule has 8 nitrogen and oxygen atoms in total. The molecule has 4 rings (SSSR count). The fourth-order valence-electron chi connectivity index (χ4n) is 3.34. The van der Waals surface area contributed by atoms with Crippen LogP contribution in [0.2, 0.25) is 10.0 Å². The van der Waals surface area contributed by atoms with Gasteiger partial charge in [-0.25, -0.2) is 4.98 Å². The number of nitrogens with one attached hydrogen (secondary N) is 2. The van der Waals surface area contributed by atoms with E-state index in [1.807, 2.05) is 31.1 Å². The van der Waals surface area contributed by atoms with E-state index in [0.29, 0.717) is 55.2 Å².